The summed E-state index contributed by atoms with van der Waals surface area (Å²) in [5.74, 6) is -0.496. The molecule has 1 unspecified atom stereocenters. The maximum Gasteiger partial charge on any atom is 0.253 e. The third-order valence-electron chi connectivity index (χ3n) is 5.50. The van der Waals surface area contributed by atoms with E-state index in [-0.39, 0.29) is 24.9 Å². The van der Waals surface area contributed by atoms with Crippen LogP contribution in [-0.2, 0) is 4.74 Å². The molecule has 29 heavy (non-hydrogen) atoms. The van der Waals surface area contributed by atoms with Gasteiger partial charge in [0.25, 0.3) is 5.91 Å². The number of aliphatic hydroxyl groups excluding tert-OH is 1. The summed E-state index contributed by atoms with van der Waals surface area (Å²) in [6, 6.07) is 11.1. The van der Waals surface area contributed by atoms with E-state index in [2.05, 4.69) is 0 Å². The molecule has 0 aliphatic carbocycles. The molecule has 2 N–H and O–H groups in total. The Balaban J connectivity index is 1.39. The lowest BCUT2D eigenvalue weighted by Gasteiger charge is -2.46. The summed E-state index contributed by atoms with van der Waals surface area (Å²) in [5.41, 5.74) is 0.316. The van der Waals surface area contributed by atoms with Gasteiger partial charge in [-0.15, -0.1) is 0 Å². The second kappa shape index (κ2) is 8.01. The molecule has 0 aromatic heterocycles. The predicted molar refractivity (Wildman–Crippen MR) is 106 cm³/mol. The highest BCUT2D eigenvalue weighted by Crippen LogP contribution is 2.27. The summed E-state index contributed by atoms with van der Waals surface area (Å²) in [6.07, 6.45) is -1.000. The van der Waals surface area contributed by atoms with Gasteiger partial charge in [0, 0.05) is 42.3 Å². The second-order valence-corrected chi connectivity index (χ2v) is 7.94. The number of carbonyl (C=O) groups excluding carboxylic acids is 1. The average Bonchev–Trinajstić information content (AvgIpc) is 2.73. The van der Waals surface area contributed by atoms with Crippen molar-refractivity contribution >= 4 is 17.5 Å². The van der Waals surface area contributed by atoms with Crippen LogP contribution in [0.15, 0.2) is 42.5 Å². The van der Waals surface area contributed by atoms with Crippen LogP contribution in [0.1, 0.15) is 10.4 Å². The number of hydrogen-bond donors (Lipinski definition) is 2. The number of hydrogen-bond acceptors (Lipinski definition) is 5. The number of amides is 1. The molecule has 0 bridgehead atoms. The number of carbonyl (C=O) groups is 1. The van der Waals surface area contributed by atoms with Gasteiger partial charge in [0.1, 0.15) is 12.0 Å². The summed E-state index contributed by atoms with van der Waals surface area (Å²) in [5, 5.41) is 21.0. The molecule has 154 valence electrons. The number of ether oxygens (including phenoxy) is 1. The molecule has 0 saturated carbocycles. The largest absolute Gasteiger partial charge is 0.381 e. The van der Waals surface area contributed by atoms with Gasteiger partial charge < -0.3 is 19.8 Å². The summed E-state index contributed by atoms with van der Waals surface area (Å²) in [6.45, 7) is 2.04. The number of piperazine rings is 1. The van der Waals surface area contributed by atoms with Crippen molar-refractivity contribution in [2.75, 3.05) is 39.4 Å². The van der Waals surface area contributed by atoms with Gasteiger partial charge in [-0.2, -0.15) is 0 Å². The first-order chi connectivity index (χ1) is 13.9. The fraction of sp³-hybridized carbons (Fsp3) is 0.381. The van der Waals surface area contributed by atoms with Crippen LogP contribution in [0.5, 0.6) is 0 Å². The van der Waals surface area contributed by atoms with Crippen molar-refractivity contribution in [2.24, 2.45) is 0 Å². The van der Waals surface area contributed by atoms with E-state index in [1.807, 2.05) is 0 Å². The highest BCUT2D eigenvalue weighted by atomic mass is 35.5. The van der Waals surface area contributed by atoms with Gasteiger partial charge >= 0.3 is 0 Å². The predicted octanol–water partition coefficient (Wildman–Crippen LogP) is 1.98. The molecular formula is C21H22ClFN2O4. The molecule has 8 heteroatoms. The molecule has 2 fully saturated rings. The number of halogens is 2. The SMILES string of the molecule is O=C(c1ccc(-c2cc(Cl)ccc2F)cc1)N1CCN(C(O)C2(O)COC2)CC1. The van der Waals surface area contributed by atoms with Crippen LogP contribution >= 0.6 is 11.6 Å². The third kappa shape index (κ3) is 4.01. The lowest BCUT2D eigenvalue weighted by Crippen LogP contribution is -2.66. The van der Waals surface area contributed by atoms with Crippen molar-refractivity contribution < 1.29 is 24.1 Å². The van der Waals surface area contributed by atoms with Gasteiger partial charge in [-0.3, -0.25) is 9.69 Å². The molecule has 1 amide bonds. The van der Waals surface area contributed by atoms with Crippen LogP contribution in [0, 0.1) is 5.82 Å². The first-order valence-electron chi connectivity index (χ1n) is 9.44. The molecule has 6 nitrogen and oxygen atoms in total. The Bertz CT molecular complexity index is 896. The fourth-order valence-corrected chi connectivity index (χ4v) is 3.84. The molecule has 2 aromatic carbocycles. The monoisotopic (exact) mass is 420 g/mol. The normalized spacial score (nSPS) is 20.2. The average molecular weight is 421 g/mol. The van der Waals surface area contributed by atoms with Crippen LogP contribution in [-0.4, -0.2) is 77.1 Å². The molecule has 2 aliphatic heterocycles. The van der Waals surface area contributed by atoms with Crippen molar-refractivity contribution in [1.29, 1.82) is 0 Å². The Labute approximate surface area is 173 Å². The van der Waals surface area contributed by atoms with Crippen LogP contribution < -0.4 is 0 Å². The third-order valence-corrected chi connectivity index (χ3v) is 5.74. The second-order valence-electron chi connectivity index (χ2n) is 7.50. The van der Waals surface area contributed by atoms with Gasteiger partial charge in [0.15, 0.2) is 5.60 Å². The minimum atomic E-state index is -1.22. The number of rotatable bonds is 4. The van der Waals surface area contributed by atoms with Crippen LogP contribution in [0.2, 0.25) is 5.02 Å². The lowest BCUT2D eigenvalue weighted by molar-refractivity contribution is -0.261. The summed E-state index contributed by atoms with van der Waals surface area (Å²) in [7, 11) is 0. The van der Waals surface area contributed by atoms with E-state index in [0.29, 0.717) is 47.9 Å². The molecule has 2 aromatic rings. The van der Waals surface area contributed by atoms with Gasteiger partial charge in [-0.1, -0.05) is 23.7 Å². The lowest BCUT2D eigenvalue weighted by atomic mass is 9.98. The number of nitrogens with zero attached hydrogens (tertiary/aromatic N) is 2. The van der Waals surface area contributed by atoms with E-state index in [1.54, 1.807) is 40.1 Å². The summed E-state index contributed by atoms with van der Waals surface area (Å²) >= 11 is 5.95. The van der Waals surface area contributed by atoms with Crippen LogP contribution in [0.25, 0.3) is 11.1 Å². The van der Waals surface area contributed by atoms with Crippen molar-refractivity contribution in [2.45, 2.75) is 11.8 Å². The molecule has 0 radical (unpaired) electrons. The zero-order chi connectivity index (χ0) is 20.6. The minimum absolute atomic E-state index is 0.118. The number of aliphatic hydroxyl groups is 2. The van der Waals surface area contributed by atoms with Gasteiger partial charge in [-0.05, 0) is 35.9 Å². The smallest absolute Gasteiger partial charge is 0.253 e. The molecule has 1 atom stereocenters. The summed E-state index contributed by atoms with van der Waals surface area (Å²) in [4.78, 5) is 16.3. The zero-order valence-corrected chi connectivity index (χ0v) is 16.5. The first kappa shape index (κ1) is 20.3. The molecule has 0 spiro atoms. The van der Waals surface area contributed by atoms with Crippen LogP contribution in [0.4, 0.5) is 4.39 Å². The Morgan fingerprint density at radius 1 is 1.10 bits per heavy atom. The van der Waals surface area contributed by atoms with E-state index in [1.165, 1.54) is 12.1 Å². The Hall–Kier alpha value is -2.03. The van der Waals surface area contributed by atoms with Crippen molar-refractivity contribution in [1.82, 2.24) is 9.80 Å². The number of benzene rings is 2. The fourth-order valence-electron chi connectivity index (χ4n) is 3.66. The van der Waals surface area contributed by atoms with E-state index in [4.69, 9.17) is 16.3 Å². The quantitative estimate of drug-likeness (QED) is 0.791. The topological polar surface area (TPSA) is 73.2 Å². The highest BCUT2D eigenvalue weighted by Gasteiger charge is 2.46. The van der Waals surface area contributed by atoms with Gasteiger partial charge in [0.2, 0.25) is 0 Å². The van der Waals surface area contributed by atoms with E-state index in [9.17, 15) is 19.4 Å². The molecule has 4 rings (SSSR count). The Morgan fingerprint density at radius 3 is 2.34 bits per heavy atom. The molecule has 2 saturated heterocycles. The first-order valence-corrected chi connectivity index (χ1v) is 9.82. The Morgan fingerprint density at radius 2 is 1.76 bits per heavy atom. The Kier molecular flexibility index (Phi) is 5.59. The van der Waals surface area contributed by atoms with Crippen LogP contribution in [0.3, 0.4) is 0 Å². The van der Waals surface area contributed by atoms with E-state index in [0.717, 1.165) is 0 Å². The molecule has 2 heterocycles. The molecule has 2 aliphatic rings. The van der Waals surface area contributed by atoms with Gasteiger partial charge in [0.05, 0.1) is 13.2 Å². The van der Waals surface area contributed by atoms with E-state index < -0.39 is 11.8 Å². The zero-order valence-electron chi connectivity index (χ0n) is 15.7. The van der Waals surface area contributed by atoms with Gasteiger partial charge in [-0.25, -0.2) is 4.39 Å². The maximum atomic E-state index is 14.0. The minimum Gasteiger partial charge on any atom is -0.381 e. The maximum absolute atomic E-state index is 14.0. The molecular weight excluding hydrogens is 399 g/mol. The van der Waals surface area contributed by atoms with E-state index >= 15 is 0 Å². The highest BCUT2D eigenvalue weighted by molar-refractivity contribution is 6.30. The summed E-state index contributed by atoms with van der Waals surface area (Å²) < 4.78 is 19.0. The standard InChI is InChI=1S/C21H22ClFN2O4/c22-16-5-6-18(23)17(11-16)14-1-3-15(4-2-14)19(26)24-7-9-25(10-8-24)20(27)21(28)12-29-13-21/h1-6,11,20,27-28H,7-10,12-13H2. The van der Waals surface area contributed by atoms with Crippen molar-refractivity contribution in [3.63, 3.8) is 0 Å². The van der Waals surface area contributed by atoms with Crippen molar-refractivity contribution in [3.05, 3.63) is 58.9 Å². The van der Waals surface area contributed by atoms with Crippen molar-refractivity contribution in [3.8, 4) is 11.1 Å².